The van der Waals surface area contributed by atoms with Crippen molar-refractivity contribution in [3.05, 3.63) is 62.6 Å². The first-order chi connectivity index (χ1) is 16.8. The highest BCUT2D eigenvalue weighted by Crippen LogP contribution is 2.27. The van der Waals surface area contributed by atoms with E-state index in [0.29, 0.717) is 27.1 Å². The van der Waals surface area contributed by atoms with Crippen LogP contribution in [0.2, 0.25) is 15.1 Å². The van der Waals surface area contributed by atoms with E-state index in [4.69, 9.17) is 34.8 Å². The number of benzene rings is 2. The fourth-order valence-electron chi connectivity index (χ4n) is 3.54. The second-order valence-corrected chi connectivity index (χ2v) is 11.9. The number of nitrogens with zero attached hydrogens (tertiary/aromatic N) is 2. The number of hydrogen-bond acceptors (Lipinski definition) is 4. The quantitative estimate of drug-likeness (QED) is 0.386. The van der Waals surface area contributed by atoms with E-state index in [-0.39, 0.29) is 24.2 Å². The van der Waals surface area contributed by atoms with Gasteiger partial charge in [0.25, 0.3) is 0 Å². The molecule has 36 heavy (non-hydrogen) atoms. The van der Waals surface area contributed by atoms with E-state index >= 15 is 0 Å². The smallest absolute Gasteiger partial charge is 0.244 e. The monoisotopic (exact) mass is 575 g/mol. The van der Waals surface area contributed by atoms with Crippen LogP contribution in [-0.2, 0) is 26.2 Å². The van der Waals surface area contributed by atoms with E-state index < -0.39 is 28.5 Å². The van der Waals surface area contributed by atoms with Gasteiger partial charge in [0.1, 0.15) is 12.6 Å². The van der Waals surface area contributed by atoms with Crippen LogP contribution in [0.1, 0.15) is 44.7 Å². The third-order valence-electron chi connectivity index (χ3n) is 5.87. The Hall–Kier alpha value is -2.00. The van der Waals surface area contributed by atoms with Crippen LogP contribution >= 0.6 is 34.8 Å². The minimum Gasteiger partial charge on any atom is -0.352 e. The highest BCUT2D eigenvalue weighted by Gasteiger charge is 2.32. The molecular formula is C25H32Cl3N3O4S. The molecule has 2 atom stereocenters. The van der Waals surface area contributed by atoms with Gasteiger partial charge in [-0.15, -0.1) is 0 Å². The number of amides is 2. The molecule has 2 rings (SSSR count). The molecule has 0 bridgehead atoms. The summed E-state index contributed by atoms with van der Waals surface area (Å²) in [6.45, 7) is 6.88. The molecule has 0 heterocycles. The fraction of sp³-hybridized carbons (Fsp3) is 0.440. The van der Waals surface area contributed by atoms with Crippen molar-refractivity contribution in [1.82, 2.24) is 10.2 Å². The lowest BCUT2D eigenvalue weighted by Gasteiger charge is -2.33. The molecule has 198 valence electrons. The van der Waals surface area contributed by atoms with Crippen molar-refractivity contribution >= 4 is 62.3 Å². The lowest BCUT2D eigenvalue weighted by atomic mass is 10.1. The Morgan fingerprint density at radius 3 is 2.19 bits per heavy atom. The van der Waals surface area contributed by atoms with Gasteiger partial charge in [-0.1, -0.05) is 60.8 Å². The molecule has 2 amide bonds. The molecule has 11 heteroatoms. The summed E-state index contributed by atoms with van der Waals surface area (Å²) in [7, 11) is -3.86. The van der Waals surface area contributed by atoms with Crippen LogP contribution in [0.25, 0.3) is 0 Å². The Balaban J connectivity index is 2.50. The standard InChI is InChI=1S/C25H32Cl3N3O4S/c1-6-17(4)29-25(33)23(7-2)30(14-18-9-10-19(26)12-22(18)28)24(32)15-31(36(5,34)35)20-11-8-16(3)21(27)13-20/h8-13,17,23H,6-7,14-15H2,1-5H3,(H,29,33)/t17-,23-/m0/s1. The molecule has 0 aliphatic heterocycles. The zero-order chi connectivity index (χ0) is 27.2. The lowest BCUT2D eigenvalue weighted by Crippen LogP contribution is -2.53. The topological polar surface area (TPSA) is 86.8 Å². The molecule has 2 aromatic rings. The summed E-state index contributed by atoms with van der Waals surface area (Å²) in [4.78, 5) is 28.2. The number of aryl methyl sites for hydroxylation is 1. The maximum Gasteiger partial charge on any atom is 0.244 e. The Bertz CT molecular complexity index is 1210. The Morgan fingerprint density at radius 2 is 1.67 bits per heavy atom. The van der Waals surface area contributed by atoms with E-state index in [1.807, 2.05) is 13.8 Å². The van der Waals surface area contributed by atoms with E-state index in [0.717, 1.165) is 22.5 Å². The summed E-state index contributed by atoms with van der Waals surface area (Å²) < 4.78 is 26.4. The summed E-state index contributed by atoms with van der Waals surface area (Å²) in [5.41, 5.74) is 1.60. The third-order valence-corrected chi connectivity index (χ3v) is 8.00. The number of sulfonamides is 1. The van der Waals surface area contributed by atoms with Gasteiger partial charge < -0.3 is 10.2 Å². The van der Waals surface area contributed by atoms with Crippen LogP contribution in [-0.4, -0.2) is 50.0 Å². The molecule has 0 saturated carbocycles. The third kappa shape index (κ3) is 8.00. The van der Waals surface area contributed by atoms with Crippen molar-refractivity contribution in [1.29, 1.82) is 0 Å². The number of anilines is 1. The van der Waals surface area contributed by atoms with Gasteiger partial charge in [-0.3, -0.25) is 13.9 Å². The first kappa shape index (κ1) is 30.2. The van der Waals surface area contributed by atoms with E-state index in [1.165, 1.54) is 11.0 Å². The number of halogens is 3. The molecular weight excluding hydrogens is 545 g/mol. The molecule has 0 spiro atoms. The predicted molar refractivity (Wildman–Crippen MR) is 147 cm³/mol. The second-order valence-electron chi connectivity index (χ2n) is 8.70. The highest BCUT2D eigenvalue weighted by atomic mass is 35.5. The zero-order valence-corrected chi connectivity index (χ0v) is 24.1. The van der Waals surface area contributed by atoms with Crippen LogP contribution < -0.4 is 9.62 Å². The fourth-order valence-corrected chi connectivity index (χ4v) is 5.03. The first-order valence-corrected chi connectivity index (χ1v) is 14.5. The normalized spacial score (nSPS) is 13.1. The van der Waals surface area contributed by atoms with Crippen molar-refractivity contribution in [3.8, 4) is 0 Å². The van der Waals surface area contributed by atoms with Gasteiger partial charge >= 0.3 is 0 Å². The van der Waals surface area contributed by atoms with Crippen molar-refractivity contribution in [2.24, 2.45) is 0 Å². The Kier molecular flexibility index (Phi) is 10.9. The lowest BCUT2D eigenvalue weighted by molar-refractivity contribution is -0.140. The van der Waals surface area contributed by atoms with E-state index in [2.05, 4.69) is 5.32 Å². The van der Waals surface area contributed by atoms with Crippen LogP contribution in [0.4, 0.5) is 5.69 Å². The average Bonchev–Trinajstić information content (AvgIpc) is 2.79. The van der Waals surface area contributed by atoms with Crippen LogP contribution in [0, 0.1) is 6.92 Å². The van der Waals surface area contributed by atoms with Crippen molar-refractivity contribution in [2.45, 2.75) is 59.2 Å². The summed E-state index contributed by atoms with van der Waals surface area (Å²) in [5.74, 6) is -0.885. The van der Waals surface area contributed by atoms with Gasteiger partial charge in [-0.2, -0.15) is 0 Å². The van der Waals surface area contributed by atoms with Gasteiger partial charge in [0.15, 0.2) is 0 Å². The van der Waals surface area contributed by atoms with E-state index in [1.54, 1.807) is 44.2 Å². The summed E-state index contributed by atoms with van der Waals surface area (Å²) in [5, 5.41) is 4.06. The molecule has 0 aliphatic rings. The van der Waals surface area contributed by atoms with Gasteiger partial charge in [0.2, 0.25) is 21.8 Å². The minimum absolute atomic E-state index is 0.00642. The molecule has 0 radical (unpaired) electrons. The van der Waals surface area contributed by atoms with Crippen LogP contribution in [0.15, 0.2) is 36.4 Å². The minimum atomic E-state index is -3.86. The maximum absolute atomic E-state index is 13.7. The molecule has 0 aromatic heterocycles. The van der Waals surface area contributed by atoms with Crippen LogP contribution in [0.5, 0.6) is 0 Å². The van der Waals surface area contributed by atoms with Crippen molar-refractivity contribution in [2.75, 3.05) is 17.1 Å². The molecule has 7 nitrogen and oxygen atoms in total. The largest absolute Gasteiger partial charge is 0.352 e. The number of hydrogen-bond donors (Lipinski definition) is 1. The summed E-state index contributed by atoms with van der Waals surface area (Å²) >= 11 is 18.6. The number of rotatable bonds is 11. The van der Waals surface area contributed by atoms with E-state index in [9.17, 15) is 18.0 Å². The van der Waals surface area contributed by atoms with Gasteiger partial charge in [-0.25, -0.2) is 8.42 Å². The van der Waals surface area contributed by atoms with Gasteiger partial charge in [-0.05, 0) is 62.1 Å². The summed E-state index contributed by atoms with van der Waals surface area (Å²) in [6, 6.07) is 8.70. The summed E-state index contributed by atoms with van der Waals surface area (Å²) in [6.07, 6.45) is 2.05. The molecule has 1 N–H and O–H groups in total. The van der Waals surface area contributed by atoms with Gasteiger partial charge in [0.05, 0.1) is 11.9 Å². The SMILES string of the molecule is CC[C@H](C)NC(=O)[C@H](CC)N(Cc1ccc(Cl)cc1Cl)C(=O)CN(c1ccc(C)c(Cl)c1)S(C)(=O)=O. The molecule has 2 aromatic carbocycles. The first-order valence-electron chi connectivity index (χ1n) is 11.6. The maximum atomic E-state index is 13.7. The Labute approximate surface area is 228 Å². The molecule has 0 saturated heterocycles. The molecule has 0 aliphatic carbocycles. The number of nitrogens with one attached hydrogen (secondary N) is 1. The molecule has 0 unspecified atom stereocenters. The van der Waals surface area contributed by atoms with Crippen molar-refractivity contribution < 1.29 is 18.0 Å². The Morgan fingerprint density at radius 1 is 1.00 bits per heavy atom. The van der Waals surface area contributed by atoms with Crippen molar-refractivity contribution in [3.63, 3.8) is 0 Å². The second kappa shape index (κ2) is 13.0. The zero-order valence-electron chi connectivity index (χ0n) is 21.0. The predicted octanol–water partition coefficient (Wildman–Crippen LogP) is 5.44. The number of carbonyl (C=O) groups excluding carboxylic acids is 2. The van der Waals surface area contributed by atoms with Gasteiger partial charge in [0, 0.05) is 27.7 Å². The molecule has 0 fully saturated rings. The highest BCUT2D eigenvalue weighted by molar-refractivity contribution is 7.92. The average molecular weight is 577 g/mol. The van der Waals surface area contributed by atoms with Crippen LogP contribution in [0.3, 0.4) is 0 Å². The number of carbonyl (C=O) groups is 2.